The molecule has 6 nitrogen and oxygen atoms in total. The fourth-order valence-electron chi connectivity index (χ4n) is 2.96. The van der Waals surface area contributed by atoms with Crippen LogP contribution in [0.3, 0.4) is 0 Å². The summed E-state index contributed by atoms with van der Waals surface area (Å²) < 4.78 is 0. The molecule has 1 aromatic heterocycles. The number of piperidine rings is 1. The second-order valence-electron chi connectivity index (χ2n) is 6.33. The van der Waals surface area contributed by atoms with Gasteiger partial charge in [0.1, 0.15) is 0 Å². The summed E-state index contributed by atoms with van der Waals surface area (Å²) in [5.74, 6) is -1.15. The Kier molecular flexibility index (Phi) is 5.78. The van der Waals surface area contributed by atoms with Crippen LogP contribution in [-0.4, -0.2) is 40.1 Å². The molecule has 0 spiro atoms. The highest BCUT2D eigenvalue weighted by Crippen LogP contribution is 2.28. The number of anilines is 1. The molecule has 0 unspecified atom stereocenters. The van der Waals surface area contributed by atoms with E-state index in [-0.39, 0.29) is 11.9 Å². The second kappa shape index (κ2) is 8.05. The number of aromatic nitrogens is 1. The van der Waals surface area contributed by atoms with Crippen LogP contribution in [0.1, 0.15) is 29.0 Å². The van der Waals surface area contributed by atoms with Crippen LogP contribution in [-0.2, 0) is 11.2 Å². The maximum absolute atomic E-state index is 12.4. The van der Waals surface area contributed by atoms with Crippen molar-refractivity contribution >= 4 is 40.1 Å². The third-order valence-corrected chi connectivity index (χ3v) is 5.99. The average Bonchev–Trinajstić information content (AvgIpc) is 2.96. The van der Waals surface area contributed by atoms with Gasteiger partial charge in [-0.05, 0) is 31.4 Å². The highest BCUT2D eigenvalue weighted by molar-refractivity contribution is 7.15. The number of thiazole rings is 1. The van der Waals surface area contributed by atoms with Crippen LogP contribution in [0.5, 0.6) is 0 Å². The Morgan fingerprint density at radius 1 is 1.35 bits per heavy atom. The zero-order valence-electron chi connectivity index (χ0n) is 14.4. The van der Waals surface area contributed by atoms with E-state index < -0.39 is 5.97 Å². The first-order valence-electron chi connectivity index (χ1n) is 8.42. The molecule has 26 heavy (non-hydrogen) atoms. The molecule has 1 aliphatic rings. The van der Waals surface area contributed by atoms with Gasteiger partial charge in [-0.15, -0.1) is 11.3 Å². The minimum Gasteiger partial charge on any atom is -0.481 e. The fraction of sp³-hybridized carbons (Fsp3) is 0.389. The van der Waals surface area contributed by atoms with Gasteiger partial charge in [0.2, 0.25) is 0 Å². The van der Waals surface area contributed by atoms with Crippen LogP contribution in [0.25, 0.3) is 0 Å². The minimum atomic E-state index is -0.787. The normalized spacial score (nSPS) is 15.1. The lowest BCUT2D eigenvalue weighted by molar-refractivity contribution is -0.143. The maximum atomic E-state index is 12.4. The molecule has 1 saturated heterocycles. The molecule has 2 amide bonds. The van der Waals surface area contributed by atoms with E-state index in [1.54, 1.807) is 4.90 Å². The van der Waals surface area contributed by atoms with E-state index in [4.69, 9.17) is 16.7 Å². The number of nitrogens with one attached hydrogen (secondary N) is 1. The molecule has 0 bridgehead atoms. The third-order valence-electron chi connectivity index (χ3n) is 4.55. The Balaban J connectivity index is 1.62. The number of hydrogen-bond acceptors (Lipinski definition) is 4. The fourth-order valence-corrected chi connectivity index (χ4v) is 4.14. The quantitative estimate of drug-likeness (QED) is 0.821. The number of hydrogen-bond donors (Lipinski definition) is 2. The summed E-state index contributed by atoms with van der Waals surface area (Å²) in [6.45, 7) is 2.80. The van der Waals surface area contributed by atoms with E-state index in [0.717, 1.165) is 16.1 Å². The second-order valence-corrected chi connectivity index (χ2v) is 7.82. The van der Waals surface area contributed by atoms with E-state index in [9.17, 15) is 9.59 Å². The number of amides is 2. The van der Waals surface area contributed by atoms with Gasteiger partial charge >= 0.3 is 12.0 Å². The molecule has 1 fully saturated rings. The van der Waals surface area contributed by atoms with Crippen molar-refractivity contribution in [2.24, 2.45) is 5.92 Å². The van der Waals surface area contributed by atoms with Gasteiger partial charge in [0.25, 0.3) is 0 Å². The van der Waals surface area contributed by atoms with Crippen molar-refractivity contribution in [3.8, 4) is 0 Å². The highest BCUT2D eigenvalue weighted by atomic mass is 35.5. The first-order valence-corrected chi connectivity index (χ1v) is 9.62. The Hall–Kier alpha value is -2.12. The van der Waals surface area contributed by atoms with Crippen LogP contribution >= 0.6 is 22.9 Å². The number of rotatable bonds is 4. The van der Waals surface area contributed by atoms with Crippen molar-refractivity contribution in [2.75, 3.05) is 18.4 Å². The number of benzene rings is 1. The molecule has 2 aromatic rings. The third kappa shape index (κ3) is 4.34. The monoisotopic (exact) mass is 393 g/mol. The van der Waals surface area contributed by atoms with Gasteiger partial charge in [-0.1, -0.05) is 29.8 Å². The number of halogens is 1. The summed E-state index contributed by atoms with van der Waals surface area (Å²) in [7, 11) is 0. The van der Waals surface area contributed by atoms with Gasteiger partial charge in [0, 0.05) is 29.4 Å². The van der Waals surface area contributed by atoms with Crippen LogP contribution in [0.4, 0.5) is 9.93 Å². The van der Waals surface area contributed by atoms with Gasteiger partial charge in [-0.2, -0.15) is 0 Å². The summed E-state index contributed by atoms with van der Waals surface area (Å²) in [5, 5.41) is 13.1. The zero-order valence-corrected chi connectivity index (χ0v) is 15.9. The first-order chi connectivity index (χ1) is 12.4. The molecular formula is C18H20ClN3O3S. The van der Waals surface area contributed by atoms with Crippen LogP contribution < -0.4 is 5.32 Å². The van der Waals surface area contributed by atoms with E-state index in [2.05, 4.69) is 10.3 Å². The van der Waals surface area contributed by atoms with Crippen molar-refractivity contribution in [3.05, 3.63) is 45.4 Å². The van der Waals surface area contributed by atoms with E-state index in [1.807, 2.05) is 31.2 Å². The highest BCUT2D eigenvalue weighted by Gasteiger charge is 2.27. The predicted molar refractivity (Wildman–Crippen MR) is 102 cm³/mol. The molecule has 0 radical (unpaired) electrons. The molecule has 138 valence electrons. The summed E-state index contributed by atoms with van der Waals surface area (Å²) in [4.78, 5) is 30.5. The van der Waals surface area contributed by atoms with Gasteiger partial charge in [0.05, 0.1) is 11.6 Å². The Morgan fingerprint density at radius 2 is 2.04 bits per heavy atom. The van der Waals surface area contributed by atoms with E-state index in [0.29, 0.717) is 42.5 Å². The SMILES string of the molecule is Cc1nc(NC(=O)N2CCC(C(=O)O)CC2)sc1Cc1ccccc1Cl. The van der Waals surface area contributed by atoms with Crippen molar-refractivity contribution in [1.82, 2.24) is 9.88 Å². The summed E-state index contributed by atoms with van der Waals surface area (Å²) >= 11 is 7.66. The van der Waals surface area contributed by atoms with Crippen LogP contribution in [0.2, 0.25) is 5.02 Å². The molecule has 8 heteroatoms. The van der Waals surface area contributed by atoms with Crippen LogP contribution in [0, 0.1) is 12.8 Å². The van der Waals surface area contributed by atoms with Crippen molar-refractivity contribution in [2.45, 2.75) is 26.2 Å². The number of carbonyl (C=O) groups is 2. The van der Waals surface area contributed by atoms with Crippen molar-refractivity contribution in [1.29, 1.82) is 0 Å². The number of carboxylic acid groups (broad SMARTS) is 1. The van der Waals surface area contributed by atoms with Crippen LogP contribution in [0.15, 0.2) is 24.3 Å². The minimum absolute atomic E-state index is 0.230. The standard InChI is InChI=1S/C18H20ClN3O3S/c1-11-15(10-13-4-2-3-5-14(13)19)26-17(20-11)21-18(25)22-8-6-12(7-9-22)16(23)24/h2-5,12H,6-10H2,1H3,(H,23,24)(H,20,21,25). The smallest absolute Gasteiger partial charge is 0.323 e. The number of nitrogens with zero attached hydrogens (tertiary/aromatic N) is 2. The molecule has 1 aromatic carbocycles. The van der Waals surface area contributed by atoms with Crippen molar-refractivity contribution in [3.63, 3.8) is 0 Å². The van der Waals surface area contributed by atoms with Gasteiger partial charge in [-0.3, -0.25) is 10.1 Å². The summed E-state index contributed by atoms with van der Waals surface area (Å²) in [6, 6.07) is 7.45. The number of aliphatic carboxylic acids is 1. The Morgan fingerprint density at radius 3 is 2.69 bits per heavy atom. The summed E-state index contributed by atoms with van der Waals surface area (Å²) in [6.07, 6.45) is 1.64. The molecule has 0 aliphatic carbocycles. The Bertz CT molecular complexity index is 816. The topological polar surface area (TPSA) is 82.5 Å². The van der Waals surface area contributed by atoms with Gasteiger partial charge < -0.3 is 10.0 Å². The molecule has 2 heterocycles. The zero-order chi connectivity index (χ0) is 18.7. The first kappa shape index (κ1) is 18.7. The number of likely N-dealkylation sites (tertiary alicyclic amines) is 1. The number of urea groups is 1. The predicted octanol–water partition coefficient (Wildman–Crippen LogP) is 4.02. The lowest BCUT2D eigenvalue weighted by Crippen LogP contribution is -2.42. The van der Waals surface area contributed by atoms with E-state index in [1.165, 1.54) is 11.3 Å². The summed E-state index contributed by atoms with van der Waals surface area (Å²) in [5.41, 5.74) is 1.89. The molecule has 0 atom stereocenters. The number of carbonyl (C=O) groups excluding carboxylic acids is 1. The van der Waals surface area contributed by atoms with Gasteiger partial charge in [-0.25, -0.2) is 9.78 Å². The lowest BCUT2D eigenvalue weighted by atomic mass is 9.97. The Labute approximate surface area is 160 Å². The van der Waals surface area contributed by atoms with Crippen molar-refractivity contribution < 1.29 is 14.7 Å². The van der Waals surface area contributed by atoms with E-state index >= 15 is 0 Å². The molecule has 2 N–H and O–H groups in total. The average molecular weight is 394 g/mol. The lowest BCUT2D eigenvalue weighted by Gasteiger charge is -2.29. The molecule has 1 aliphatic heterocycles. The molecule has 0 saturated carbocycles. The maximum Gasteiger partial charge on any atom is 0.323 e. The number of carboxylic acids is 1. The van der Waals surface area contributed by atoms with Gasteiger partial charge in [0.15, 0.2) is 5.13 Å². The molecule has 3 rings (SSSR count). The largest absolute Gasteiger partial charge is 0.481 e. The number of aryl methyl sites for hydroxylation is 1. The molecular weight excluding hydrogens is 374 g/mol.